The summed E-state index contributed by atoms with van der Waals surface area (Å²) in [6, 6.07) is 5.16. The minimum atomic E-state index is -0.121. The number of nitrogens with one attached hydrogen (secondary N) is 1. The van der Waals surface area contributed by atoms with Crippen LogP contribution in [0.3, 0.4) is 0 Å². The first-order valence-electron chi connectivity index (χ1n) is 6.51. The summed E-state index contributed by atoms with van der Waals surface area (Å²) in [5, 5.41) is 3.37. The maximum absolute atomic E-state index is 11.9. The molecule has 1 N–H and O–H groups in total. The van der Waals surface area contributed by atoms with Gasteiger partial charge in [0.1, 0.15) is 0 Å². The lowest BCUT2D eigenvalue weighted by Crippen LogP contribution is -2.28. The summed E-state index contributed by atoms with van der Waals surface area (Å²) in [7, 11) is 0. The number of benzene rings is 1. The molecule has 2 rings (SSSR count). The van der Waals surface area contributed by atoms with E-state index in [-0.39, 0.29) is 5.91 Å². The lowest BCUT2D eigenvalue weighted by molar-refractivity contribution is 0.0582. The molecule has 1 fully saturated rings. The first-order chi connectivity index (χ1) is 9.16. The Morgan fingerprint density at radius 1 is 1.42 bits per heavy atom. The first kappa shape index (κ1) is 14.8. The van der Waals surface area contributed by atoms with E-state index in [2.05, 4.69) is 21.2 Å². The molecular weight excluding hydrogens is 330 g/mol. The van der Waals surface area contributed by atoms with Crippen LogP contribution in [-0.4, -0.2) is 25.2 Å². The summed E-state index contributed by atoms with van der Waals surface area (Å²) in [4.78, 5) is 11.9. The van der Waals surface area contributed by atoms with Crippen LogP contribution in [0.4, 0.5) is 0 Å². The van der Waals surface area contributed by atoms with Crippen molar-refractivity contribution in [3.05, 3.63) is 33.3 Å². The van der Waals surface area contributed by atoms with Crippen LogP contribution in [0.2, 0.25) is 5.02 Å². The molecule has 1 aliphatic rings. The van der Waals surface area contributed by atoms with Gasteiger partial charge in [0.25, 0.3) is 5.91 Å². The molecule has 1 aromatic carbocycles. The van der Waals surface area contributed by atoms with Crippen molar-refractivity contribution < 1.29 is 9.53 Å². The Kier molecular flexibility index (Phi) is 5.67. The SMILES string of the molecule is O=C(NCCOC1CCCC1)c1ccc(Br)c(Cl)c1. The van der Waals surface area contributed by atoms with Crippen molar-refractivity contribution in [3.63, 3.8) is 0 Å². The molecule has 3 nitrogen and oxygen atoms in total. The predicted molar refractivity (Wildman–Crippen MR) is 79.7 cm³/mol. The fourth-order valence-corrected chi connectivity index (χ4v) is 2.61. The third kappa shape index (κ3) is 4.48. The molecule has 0 unspecified atom stereocenters. The van der Waals surface area contributed by atoms with Gasteiger partial charge in [-0.2, -0.15) is 0 Å². The van der Waals surface area contributed by atoms with Crippen molar-refractivity contribution in [1.82, 2.24) is 5.32 Å². The van der Waals surface area contributed by atoms with Crippen LogP contribution in [0, 0.1) is 0 Å². The fourth-order valence-electron chi connectivity index (χ4n) is 2.18. The maximum atomic E-state index is 11.9. The average molecular weight is 347 g/mol. The summed E-state index contributed by atoms with van der Waals surface area (Å²) in [5.74, 6) is -0.121. The first-order valence-corrected chi connectivity index (χ1v) is 7.69. The van der Waals surface area contributed by atoms with E-state index < -0.39 is 0 Å². The van der Waals surface area contributed by atoms with Crippen LogP contribution in [0.1, 0.15) is 36.0 Å². The van der Waals surface area contributed by atoms with Gasteiger partial charge in [0, 0.05) is 16.6 Å². The van der Waals surface area contributed by atoms with Gasteiger partial charge in [0.05, 0.1) is 17.7 Å². The highest BCUT2D eigenvalue weighted by Gasteiger charge is 2.15. The molecule has 0 aromatic heterocycles. The summed E-state index contributed by atoms with van der Waals surface area (Å²) >= 11 is 9.25. The van der Waals surface area contributed by atoms with E-state index in [4.69, 9.17) is 16.3 Å². The molecule has 1 amide bonds. The molecule has 5 heteroatoms. The smallest absolute Gasteiger partial charge is 0.251 e. The van der Waals surface area contributed by atoms with Crippen LogP contribution >= 0.6 is 27.5 Å². The third-order valence-corrected chi connectivity index (χ3v) is 4.46. The standard InChI is InChI=1S/C14H17BrClNO2/c15-12-6-5-10(9-13(12)16)14(18)17-7-8-19-11-3-1-2-4-11/h5-6,9,11H,1-4,7-8H2,(H,17,18). The van der Waals surface area contributed by atoms with E-state index in [1.807, 2.05) is 0 Å². The summed E-state index contributed by atoms with van der Waals surface area (Å²) in [6.07, 6.45) is 5.20. The predicted octanol–water partition coefficient (Wildman–Crippen LogP) is 3.79. The van der Waals surface area contributed by atoms with Gasteiger partial charge in [-0.1, -0.05) is 24.4 Å². The van der Waals surface area contributed by atoms with Crippen LogP contribution in [-0.2, 0) is 4.74 Å². The van der Waals surface area contributed by atoms with Gasteiger partial charge >= 0.3 is 0 Å². The molecule has 0 radical (unpaired) electrons. The van der Waals surface area contributed by atoms with Gasteiger partial charge in [0.2, 0.25) is 0 Å². The third-order valence-electron chi connectivity index (χ3n) is 3.23. The zero-order chi connectivity index (χ0) is 13.7. The van der Waals surface area contributed by atoms with E-state index in [1.165, 1.54) is 12.8 Å². The Hall–Kier alpha value is -0.580. The fraction of sp³-hybridized carbons (Fsp3) is 0.500. The Morgan fingerprint density at radius 3 is 2.84 bits per heavy atom. The van der Waals surface area contributed by atoms with Crippen molar-refractivity contribution in [1.29, 1.82) is 0 Å². The zero-order valence-corrected chi connectivity index (χ0v) is 13.0. The topological polar surface area (TPSA) is 38.3 Å². The van der Waals surface area contributed by atoms with E-state index in [9.17, 15) is 4.79 Å². The molecule has 0 heterocycles. The van der Waals surface area contributed by atoms with Crippen LogP contribution in [0.25, 0.3) is 0 Å². The van der Waals surface area contributed by atoms with Crippen molar-refractivity contribution >= 4 is 33.4 Å². The van der Waals surface area contributed by atoms with Crippen molar-refractivity contribution in [2.45, 2.75) is 31.8 Å². The number of hydrogen-bond donors (Lipinski definition) is 1. The molecule has 104 valence electrons. The Bertz CT molecular complexity index is 447. The highest BCUT2D eigenvalue weighted by molar-refractivity contribution is 9.10. The lowest BCUT2D eigenvalue weighted by Gasteiger charge is -2.11. The van der Waals surface area contributed by atoms with Crippen LogP contribution < -0.4 is 5.32 Å². The van der Waals surface area contributed by atoms with E-state index >= 15 is 0 Å². The van der Waals surface area contributed by atoms with E-state index in [0.717, 1.165) is 17.3 Å². The van der Waals surface area contributed by atoms with Gasteiger partial charge in [-0.25, -0.2) is 0 Å². The Balaban J connectivity index is 1.72. The summed E-state index contributed by atoms with van der Waals surface area (Å²) < 4.78 is 6.47. The summed E-state index contributed by atoms with van der Waals surface area (Å²) in [6.45, 7) is 1.10. The molecule has 0 aliphatic heterocycles. The van der Waals surface area contributed by atoms with Gasteiger partial charge < -0.3 is 10.1 Å². The molecule has 1 aromatic rings. The molecular formula is C14H17BrClNO2. The van der Waals surface area contributed by atoms with Crippen molar-refractivity contribution in [2.24, 2.45) is 0 Å². The number of hydrogen-bond acceptors (Lipinski definition) is 2. The van der Waals surface area contributed by atoms with Gasteiger partial charge in [-0.3, -0.25) is 4.79 Å². The second kappa shape index (κ2) is 7.27. The molecule has 0 spiro atoms. The monoisotopic (exact) mass is 345 g/mol. The van der Waals surface area contributed by atoms with Gasteiger partial charge in [0.15, 0.2) is 0 Å². The second-order valence-corrected chi connectivity index (χ2v) is 5.92. The molecule has 0 saturated heterocycles. The molecule has 0 bridgehead atoms. The van der Waals surface area contributed by atoms with Crippen molar-refractivity contribution in [2.75, 3.05) is 13.2 Å². The largest absolute Gasteiger partial charge is 0.376 e. The molecule has 19 heavy (non-hydrogen) atoms. The average Bonchev–Trinajstić information content (AvgIpc) is 2.91. The number of rotatable bonds is 5. The van der Waals surface area contributed by atoms with Crippen LogP contribution in [0.5, 0.6) is 0 Å². The van der Waals surface area contributed by atoms with E-state index in [0.29, 0.717) is 29.8 Å². The zero-order valence-electron chi connectivity index (χ0n) is 10.6. The van der Waals surface area contributed by atoms with Gasteiger partial charge in [-0.05, 0) is 47.0 Å². The van der Waals surface area contributed by atoms with Crippen LogP contribution in [0.15, 0.2) is 22.7 Å². The number of amides is 1. The second-order valence-electron chi connectivity index (χ2n) is 4.66. The highest BCUT2D eigenvalue weighted by atomic mass is 79.9. The quantitative estimate of drug-likeness (QED) is 0.824. The number of carbonyl (C=O) groups is 1. The molecule has 1 aliphatic carbocycles. The Labute approximate surface area is 126 Å². The number of carbonyl (C=O) groups excluding carboxylic acids is 1. The van der Waals surface area contributed by atoms with Crippen molar-refractivity contribution in [3.8, 4) is 0 Å². The highest BCUT2D eigenvalue weighted by Crippen LogP contribution is 2.23. The summed E-state index contributed by atoms with van der Waals surface area (Å²) in [5.41, 5.74) is 0.564. The Morgan fingerprint density at radius 2 is 2.16 bits per heavy atom. The molecule has 0 atom stereocenters. The number of ether oxygens (including phenoxy) is 1. The minimum absolute atomic E-state index is 0.121. The normalized spacial score (nSPS) is 15.7. The van der Waals surface area contributed by atoms with Gasteiger partial charge in [-0.15, -0.1) is 0 Å². The van der Waals surface area contributed by atoms with E-state index in [1.54, 1.807) is 18.2 Å². The maximum Gasteiger partial charge on any atom is 0.251 e. The number of halogens is 2. The lowest BCUT2D eigenvalue weighted by atomic mass is 10.2. The minimum Gasteiger partial charge on any atom is -0.376 e. The molecule has 1 saturated carbocycles.